The largest absolute Gasteiger partial charge is 0.573 e. The minimum atomic E-state index is -4.91. The number of carbonyl (C=O) groups is 2. The fourth-order valence-electron chi connectivity index (χ4n) is 5.53. The molecular weight excluding hydrogens is 516 g/mol. The number of piperidine rings is 1. The molecule has 2 atom stereocenters. The molecule has 5 nitrogen and oxygen atoms in total. The van der Waals surface area contributed by atoms with Gasteiger partial charge in [0.15, 0.2) is 0 Å². The first kappa shape index (κ1) is 25.6. The maximum absolute atomic E-state index is 13.6. The van der Waals surface area contributed by atoms with Crippen LogP contribution in [-0.4, -0.2) is 24.5 Å². The van der Waals surface area contributed by atoms with Crippen LogP contribution in [-0.2, 0) is 15.0 Å². The van der Waals surface area contributed by atoms with Crippen LogP contribution in [0.5, 0.6) is 11.5 Å². The highest BCUT2D eigenvalue weighted by atomic mass is 19.4. The molecule has 198 valence electrons. The van der Waals surface area contributed by atoms with Crippen LogP contribution in [0.4, 0.5) is 32.0 Å². The van der Waals surface area contributed by atoms with Crippen molar-refractivity contribution in [1.29, 1.82) is 0 Å². The predicted molar refractivity (Wildman–Crippen MR) is 122 cm³/mol. The van der Waals surface area contributed by atoms with Gasteiger partial charge in [0, 0.05) is 5.41 Å². The number of ether oxygens (including phenoxy) is 2. The summed E-state index contributed by atoms with van der Waals surface area (Å²) in [5.41, 5.74) is 1.51. The van der Waals surface area contributed by atoms with E-state index in [1.807, 2.05) is 19.9 Å². The van der Waals surface area contributed by atoms with E-state index < -0.39 is 53.3 Å². The number of alkyl halides is 6. The zero-order valence-electron chi connectivity index (χ0n) is 19.9. The van der Waals surface area contributed by atoms with Gasteiger partial charge in [0.05, 0.1) is 17.5 Å². The lowest BCUT2D eigenvalue weighted by molar-refractivity contribution is -0.275. The lowest BCUT2D eigenvalue weighted by Gasteiger charge is -2.27. The van der Waals surface area contributed by atoms with Crippen molar-refractivity contribution in [2.24, 2.45) is 11.8 Å². The molecule has 2 amide bonds. The van der Waals surface area contributed by atoms with Crippen LogP contribution in [0.3, 0.4) is 0 Å². The molecule has 0 unspecified atom stereocenters. The first-order valence-electron chi connectivity index (χ1n) is 11.4. The minimum absolute atomic E-state index is 0.355. The van der Waals surface area contributed by atoms with E-state index in [0.29, 0.717) is 16.8 Å². The van der Waals surface area contributed by atoms with Crippen molar-refractivity contribution in [2.75, 3.05) is 4.90 Å². The van der Waals surface area contributed by atoms with Gasteiger partial charge in [-0.2, -0.15) is 0 Å². The molecule has 0 spiro atoms. The second-order valence-electron chi connectivity index (χ2n) is 9.33. The van der Waals surface area contributed by atoms with Crippen LogP contribution >= 0.6 is 0 Å². The van der Waals surface area contributed by atoms with E-state index in [1.54, 1.807) is 12.1 Å². The topological polar surface area (TPSA) is 55.8 Å². The van der Waals surface area contributed by atoms with Gasteiger partial charge < -0.3 is 9.47 Å². The Labute approximate surface area is 212 Å². The number of carbonyl (C=O) groups excluding carboxylic acids is 2. The molecule has 2 fully saturated rings. The summed E-state index contributed by atoms with van der Waals surface area (Å²) in [5.74, 6) is -3.80. The van der Waals surface area contributed by atoms with E-state index in [4.69, 9.17) is 0 Å². The van der Waals surface area contributed by atoms with Crippen molar-refractivity contribution in [3.63, 3.8) is 0 Å². The number of aryl methyl sites for hydroxylation is 2. The molecule has 11 heteroatoms. The van der Waals surface area contributed by atoms with Crippen molar-refractivity contribution >= 4 is 17.5 Å². The van der Waals surface area contributed by atoms with Gasteiger partial charge in [-0.15, -0.1) is 26.3 Å². The molecule has 3 aromatic rings. The second kappa shape index (κ2) is 8.50. The van der Waals surface area contributed by atoms with E-state index >= 15 is 0 Å². The first-order chi connectivity index (χ1) is 17.7. The van der Waals surface area contributed by atoms with Crippen LogP contribution in [0.1, 0.15) is 22.3 Å². The Morgan fingerprint density at radius 1 is 0.658 bits per heavy atom. The Kier molecular flexibility index (Phi) is 5.73. The van der Waals surface area contributed by atoms with Gasteiger partial charge in [0.25, 0.3) is 0 Å². The second-order valence-corrected chi connectivity index (χ2v) is 9.33. The van der Waals surface area contributed by atoms with Crippen molar-refractivity contribution in [1.82, 2.24) is 0 Å². The summed E-state index contributed by atoms with van der Waals surface area (Å²) in [6.45, 7) is 3.64. The summed E-state index contributed by atoms with van der Waals surface area (Å²) in [4.78, 5) is 28.3. The van der Waals surface area contributed by atoms with Crippen LogP contribution < -0.4 is 14.4 Å². The van der Waals surface area contributed by atoms with Gasteiger partial charge in [-0.05, 0) is 72.5 Å². The molecule has 38 heavy (non-hydrogen) atoms. The van der Waals surface area contributed by atoms with Gasteiger partial charge in [-0.25, -0.2) is 4.90 Å². The molecular formula is C27H19F6NO4. The summed E-state index contributed by atoms with van der Waals surface area (Å²) in [5, 5.41) is 0. The summed E-state index contributed by atoms with van der Waals surface area (Å²) < 4.78 is 83.8. The lowest BCUT2D eigenvalue weighted by Crippen LogP contribution is -2.39. The number of hydrogen-bond acceptors (Lipinski definition) is 4. The van der Waals surface area contributed by atoms with Crippen LogP contribution in [0.15, 0.2) is 66.7 Å². The predicted octanol–water partition coefficient (Wildman–Crippen LogP) is 6.21. The molecule has 3 aromatic carbocycles. The molecule has 5 rings (SSSR count). The highest BCUT2D eigenvalue weighted by Gasteiger charge is 2.78. The summed E-state index contributed by atoms with van der Waals surface area (Å²) >= 11 is 0. The SMILES string of the molecule is Cc1cc(C)cc(N2C(=O)[C@@H]3[C@H](C2=O)C3(c2ccc(OC(F)(F)F)cc2)c2ccc(OC(F)(F)F)cc2)c1. The average molecular weight is 535 g/mol. The maximum Gasteiger partial charge on any atom is 0.573 e. The Balaban J connectivity index is 1.56. The Morgan fingerprint density at radius 3 is 1.37 bits per heavy atom. The van der Waals surface area contributed by atoms with E-state index in [9.17, 15) is 35.9 Å². The Bertz CT molecular complexity index is 1310. The van der Waals surface area contributed by atoms with Crippen molar-refractivity contribution in [3.05, 3.63) is 89.0 Å². The Morgan fingerprint density at radius 2 is 1.03 bits per heavy atom. The lowest BCUT2D eigenvalue weighted by atomic mass is 9.82. The summed E-state index contributed by atoms with van der Waals surface area (Å²) in [6, 6.07) is 14.8. The quantitative estimate of drug-likeness (QED) is 0.288. The van der Waals surface area contributed by atoms with Crippen LogP contribution in [0.2, 0.25) is 0 Å². The number of fused-ring (bicyclic) bond motifs is 1. The van der Waals surface area contributed by atoms with E-state index in [1.165, 1.54) is 24.3 Å². The number of nitrogens with zero attached hydrogens (tertiary/aromatic N) is 1. The third kappa shape index (κ3) is 4.35. The molecule has 1 saturated heterocycles. The molecule has 1 saturated carbocycles. The van der Waals surface area contributed by atoms with Gasteiger partial charge in [0.2, 0.25) is 11.8 Å². The molecule has 0 bridgehead atoms. The molecule has 2 aliphatic rings. The van der Waals surface area contributed by atoms with E-state index in [-0.39, 0.29) is 0 Å². The average Bonchev–Trinajstić information content (AvgIpc) is 3.41. The zero-order chi connectivity index (χ0) is 27.6. The number of hydrogen-bond donors (Lipinski definition) is 0. The molecule has 1 aliphatic carbocycles. The van der Waals surface area contributed by atoms with Crippen molar-refractivity contribution in [3.8, 4) is 11.5 Å². The standard InChI is InChI=1S/C27H19F6NO4/c1-14-11-15(2)13-18(12-14)34-23(35)21-22(24(34)36)25(21,16-3-7-19(8-4-16)37-26(28,29)30)17-5-9-20(10-6-17)38-27(31,32)33/h3-13,21-22H,1-2H3/t21-,22+. The third-order valence-electron chi connectivity index (χ3n) is 6.77. The monoisotopic (exact) mass is 535 g/mol. The molecule has 1 aliphatic heterocycles. The molecule has 0 aromatic heterocycles. The Hall–Kier alpha value is -4.02. The van der Waals surface area contributed by atoms with Crippen LogP contribution in [0.25, 0.3) is 0 Å². The molecule has 1 heterocycles. The van der Waals surface area contributed by atoms with Gasteiger partial charge in [0.1, 0.15) is 11.5 Å². The van der Waals surface area contributed by atoms with Crippen LogP contribution in [0, 0.1) is 25.7 Å². The number of amides is 2. The molecule has 0 radical (unpaired) electrons. The summed E-state index contributed by atoms with van der Waals surface area (Å²) in [7, 11) is 0. The molecule has 0 N–H and O–H groups in total. The number of rotatable bonds is 5. The number of imide groups is 1. The summed E-state index contributed by atoms with van der Waals surface area (Å²) in [6.07, 6.45) is -9.83. The minimum Gasteiger partial charge on any atom is -0.406 e. The van der Waals surface area contributed by atoms with E-state index in [0.717, 1.165) is 40.3 Å². The first-order valence-corrected chi connectivity index (χ1v) is 11.4. The van der Waals surface area contributed by atoms with Crippen molar-refractivity contribution < 1.29 is 45.4 Å². The normalized spacial score (nSPS) is 20.4. The third-order valence-corrected chi connectivity index (χ3v) is 6.77. The zero-order valence-corrected chi connectivity index (χ0v) is 19.9. The fraction of sp³-hybridized carbons (Fsp3) is 0.259. The fourth-order valence-corrected chi connectivity index (χ4v) is 5.53. The van der Waals surface area contributed by atoms with Gasteiger partial charge in [-0.3, -0.25) is 9.59 Å². The number of halogens is 6. The van der Waals surface area contributed by atoms with Crippen molar-refractivity contribution in [2.45, 2.75) is 32.0 Å². The van der Waals surface area contributed by atoms with Gasteiger partial charge >= 0.3 is 12.7 Å². The maximum atomic E-state index is 13.6. The van der Waals surface area contributed by atoms with Gasteiger partial charge in [-0.1, -0.05) is 30.3 Å². The number of anilines is 1. The van der Waals surface area contributed by atoms with E-state index in [2.05, 4.69) is 9.47 Å². The highest BCUT2D eigenvalue weighted by molar-refractivity contribution is 6.27. The number of benzene rings is 3. The highest BCUT2D eigenvalue weighted by Crippen LogP contribution is 2.68. The smallest absolute Gasteiger partial charge is 0.406 e.